The van der Waals surface area contributed by atoms with E-state index < -0.39 is 0 Å². The van der Waals surface area contributed by atoms with E-state index in [1.54, 1.807) is 0 Å². The largest absolute Gasteiger partial charge is 0.482 e. The third-order valence-electron chi connectivity index (χ3n) is 2.02. The summed E-state index contributed by atoms with van der Waals surface area (Å²) in [6.07, 6.45) is 4.17. The molecule has 114 valence electrons. The van der Waals surface area contributed by atoms with Gasteiger partial charge in [0.1, 0.15) is 0 Å². The Labute approximate surface area is 118 Å². The van der Waals surface area contributed by atoms with Crippen LogP contribution in [0.5, 0.6) is 0 Å². The molecule has 0 unspecified atom stereocenters. The summed E-state index contributed by atoms with van der Waals surface area (Å²) in [5.74, 6) is -0.425. The van der Waals surface area contributed by atoms with E-state index in [9.17, 15) is 9.59 Å². The van der Waals surface area contributed by atoms with Crippen molar-refractivity contribution in [2.24, 2.45) is 10.2 Å². The predicted octanol–water partition coefficient (Wildman–Crippen LogP) is 0.739. The van der Waals surface area contributed by atoms with Crippen LogP contribution in [0.2, 0.25) is 0 Å². The SMILES string of the molecule is CCO/C=N/NC(=O)CCCCC(=O)N/N=C/OCC. The van der Waals surface area contributed by atoms with Crippen molar-refractivity contribution in [3.63, 3.8) is 0 Å². The van der Waals surface area contributed by atoms with Crippen molar-refractivity contribution in [2.75, 3.05) is 13.2 Å². The first kappa shape index (κ1) is 17.9. The lowest BCUT2D eigenvalue weighted by atomic mass is 10.2. The second-order valence-electron chi connectivity index (χ2n) is 3.66. The van der Waals surface area contributed by atoms with Gasteiger partial charge in [-0.05, 0) is 26.7 Å². The molecule has 0 aliphatic rings. The summed E-state index contributed by atoms with van der Waals surface area (Å²) in [5.41, 5.74) is 4.64. The number of carbonyl (C=O) groups excluding carboxylic acids is 2. The Morgan fingerprint density at radius 3 is 1.65 bits per heavy atom. The minimum atomic E-state index is -0.212. The van der Waals surface area contributed by atoms with Gasteiger partial charge in [0.05, 0.1) is 13.2 Å². The number of nitrogens with one attached hydrogen (secondary N) is 2. The zero-order valence-electron chi connectivity index (χ0n) is 11.9. The van der Waals surface area contributed by atoms with E-state index in [1.165, 1.54) is 12.8 Å². The van der Waals surface area contributed by atoms with Crippen LogP contribution in [0.25, 0.3) is 0 Å². The van der Waals surface area contributed by atoms with E-state index in [1.807, 2.05) is 13.8 Å². The van der Waals surface area contributed by atoms with Gasteiger partial charge in [0.15, 0.2) is 12.8 Å². The fraction of sp³-hybridized carbons (Fsp3) is 0.667. The molecule has 0 heterocycles. The van der Waals surface area contributed by atoms with Gasteiger partial charge in [0.25, 0.3) is 0 Å². The van der Waals surface area contributed by atoms with E-state index in [2.05, 4.69) is 21.1 Å². The first-order chi connectivity index (χ1) is 9.70. The molecule has 0 aliphatic heterocycles. The standard InChI is InChI=1S/C12H22N4O4/c1-3-19-9-13-15-11(17)7-5-6-8-12(18)16-14-10-20-4-2/h9-10H,3-8H2,1-2H3,(H,15,17)(H,16,18)/b13-9+,14-10+. The van der Waals surface area contributed by atoms with Crippen LogP contribution >= 0.6 is 0 Å². The van der Waals surface area contributed by atoms with Crippen molar-refractivity contribution in [1.82, 2.24) is 10.9 Å². The number of rotatable bonds is 11. The van der Waals surface area contributed by atoms with Gasteiger partial charge in [-0.2, -0.15) is 0 Å². The van der Waals surface area contributed by atoms with Gasteiger partial charge in [0.2, 0.25) is 11.8 Å². The minimum Gasteiger partial charge on any atom is -0.482 e. The summed E-state index contributed by atoms with van der Waals surface area (Å²) < 4.78 is 9.63. The maximum Gasteiger partial charge on any atom is 0.240 e. The van der Waals surface area contributed by atoms with Crippen LogP contribution in [0.1, 0.15) is 39.5 Å². The molecule has 0 bridgehead atoms. The number of carbonyl (C=O) groups is 2. The molecule has 8 nitrogen and oxygen atoms in total. The quantitative estimate of drug-likeness (QED) is 0.253. The maximum absolute atomic E-state index is 11.3. The molecule has 2 amide bonds. The number of ether oxygens (including phenoxy) is 2. The minimum absolute atomic E-state index is 0.212. The van der Waals surface area contributed by atoms with Crippen molar-refractivity contribution in [1.29, 1.82) is 0 Å². The molecule has 0 rings (SSSR count). The van der Waals surface area contributed by atoms with E-state index in [4.69, 9.17) is 9.47 Å². The number of hydrogen-bond acceptors (Lipinski definition) is 6. The second-order valence-corrected chi connectivity index (χ2v) is 3.66. The Balaban J connectivity index is 3.50. The fourth-order valence-electron chi connectivity index (χ4n) is 1.10. The first-order valence-corrected chi connectivity index (χ1v) is 6.54. The smallest absolute Gasteiger partial charge is 0.240 e. The monoisotopic (exact) mass is 286 g/mol. The van der Waals surface area contributed by atoms with Crippen LogP contribution in [0.15, 0.2) is 10.2 Å². The molecule has 0 aromatic heterocycles. The predicted molar refractivity (Wildman–Crippen MR) is 75.0 cm³/mol. The Morgan fingerprint density at radius 2 is 1.30 bits per heavy atom. The molecule has 0 saturated carbocycles. The van der Waals surface area contributed by atoms with Gasteiger partial charge in [0, 0.05) is 12.8 Å². The Morgan fingerprint density at radius 1 is 0.900 bits per heavy atom. The van der Waals surface area contributed by atoms with Crippen LogP contribution < -0.4 is 10.9 Å². The van der Waals surface area contributed by atoms with Crippen molar-refractivity contribution in [3.8, 4) is 0 Å². The molecule has 0 fully saturated rings. The maximum atomic E-state index is 11.3. The molecule has 2 N–H and O–H groups in total. The summed E-state index contributed by atoms with van der Waals surface area (Å²) in [4.78, 5) is 22.5. The molecular weight excluding hydrogens is 264 g/mol. The van der Waals surface area contributed by atoms with Crippen molar-refractivity contribution < 1.29 is 19.1 Å². The summed E-state index contributed by atoms with van der Waals surface area (Å²) in [6.45, 7) is 4.63. The summed E-state index contributed by atoms with van der Waals surface area (Å²) >= 11 is 0. The normalized spacial score (nSPS) is 10.7. The van der Waals surface area contributed by atoms with Crippen LogP contribution in [0.4, 0.5) is 0 Å². The van der Waals surface area contributed by atoms with Gasteiger partial charge < -0.3 is 9.47 Å². The molecule has 0 atom stereocenters. The van der Waals surface area contributed by atoms with Crippen molar-refractivity contribution >= 4 is 24.6 Å². The van der Waals surface area contributed by atoms with Crippen molar-refractivity contribution in [3.05, 3.63) is 0 Å². The molecule has 0 spiro atoms. The van der Waals surface area contributed by atoms with Crippen LogP contribution in [-0.2, 0) is 19.1 Å². The molecule has 8 heteroatoms. The molecule has 0 radical (unpaired) electrons. The Bertz CT molecular complexity index is 299. The highest BCUT2D eigenvalue weighted by Crippen LogP contribution is 1.99. The highest BCUT2D eigenvalue weighted by atomic mass is 16.5. The third-order valence-corrected chi connectivity index (χ3v) is 2.02. The van der Waals surface area contributed by atoms with Crippen LogP contribution in [0, 0.1) is 0 Å². The molecule has 0 saturated heterocycles. The highest BCUT2D eigenvalue weighted by Gasteiger charge is 2.02. The second kappa shape index (κ2) is 13.3. The van der Waals surface area contributed by atoms with Gasteiger partial charge in [-0.1, -0.05) is 0 Å². The van der Waals surface area contributed by atoms with E-state index in [0.717, 1.165) is 0 Å². The fourth-order valence-corrected chi connectivity index (χ4v) is 1.10. The van der Waals surface area contributed by atoms with Gasteiger partial charge in [-0.3, -0.25) is 9.59 Å². The van der Waals surface area contributed by atoms with E-state index in [-0.39, 0.29) is 11.8 Å². The van der Waals surface area contributed by atoms with Gasteiger partial charge in [-0.15, -0.1) is 10.2 Å². The molecular formula is C12H22N4O4. The zero-order valence-corrected chi connectivity index (χ0v) is 11.9. The van der Waals surface area contributed by atoms with Gasteiger partial charge in [-0.25, -0.2) is 10.9 Å². The first-order valence-electron chi connectivity index (χ1n) is 6.54. The van der Waals surface area contributed by atoms with Crippen LogP contribution in [-0.4, -0.2) is 37.8 Å². The van der Waals surface area contributed by atoms with E-state index in [0.29, 0.717) is 38.9 Å². The van der Waals surface area contributed by atoms with Crippen molar-refractivity contribution in [2.45, 2.75) is 39.5 Å². The zero-order chi connectivity index (χ0) is 15.1. The average Bonchev–Trinajstić information content (AvgIpc) is 2.44. The number of unbranched alkanes of at least 4 members (excludes halogenated alkanes) is 1. The number of amides is 2. The lowest BCUT2D eigenvalue weighted by molar-refractivity contribution is -0.123. The Kier molecular flexibility index (Phi) is 11.9. The number of nitrogens with zero attached hydrogens (tertiary/aromatic N) is 2. The molecule has 20 heavy (non-hydrogen) atoms. The van der Waals surface area contributed by atoms with Crippen LogP contribution in [0.3, 0.4) is 0 Å². The Hall–Kier alpha value is -2.12. The summed E-state index contributed by atoms with van der Waals surface area (Å²) in [6, 6.07) is 0. The summed E-state index contributed by atoms with van der Waals surface area (Å²) in [5, 5.41) is 7.15. The molecule has 0 aromatic rings. The third kappa shape index (κ3) is 12.3. The number of hydrogen-bond donors (Lipinski definition) is 2. The van der Waals surface area contributed by atoms with Gasteiger partial charge >= 0.3 is 0 Å². The van der Waals surface area contributed by atoms with E-state index >= 15 is 0 Å². The number of hydrazone groups is 2. The lowest BCUT2D eigenvalue weighted by Gasteiger charge is -2.01. The topological polar surface area (TPSA) is 101 Å². The lowest BCUT2D eigenvalue weighted by Crippen LogP contribution is -2.19. The average molecular weight is 286 g/mol. The summed E-state index contributed by atoms with van der Waals surface area (Å²) in [7, 11) is 0. The molecule has 0 aliphatic carbocycles. The molecule has 0 aromatic carbocycles. The highest BCUT2D eigenvalue weighted by molar-refractivity contribution is 5.77.